The van der Waals surface area contributed by atoms with Gasteiger partial charge in [-0.3, -0.25) is 14.4 Å². The molecule has 208 valence electrons. The van der Waals surface area contributed by atoms with Crippen LogP contribution in [0.1, 0.15) is 56.9 Å². The van der Waals surface area contributed by atoms with Gasteiger partial charge < -0.3 is 24.9 Å². The number of aromatic nitrogens is 3. The van der Waals surface area contributed by atoms with Gasteiger partial charge in [-0.1, -0.05) is 30.3 Å². The number of amides is 2. The molecule has 0 unspecified atom stereocenters. The highest BCUT2D eigenvalue weighted by molar-refractivity contribution is 6.10. The molecule has 9 nitrogen and oxygen atoms in total. The van der Waals surface area contributed by atoms with Crippen LogP contribution in [-0.4, -0.2) is 70.8 Å². The summed E-state index contributed by atoms with van der Waals surface area (Å²) >= 11 is 0. The van der Waals surface area contributed by atoms with Gasteiger partial charge in [-0.25, -0.2) is 4.98 Å². The van der Waals surface area contributed by atoms with Gasteiger partial charge in [0.25, 0.3) is 5.91 Å². The van der Waals surface area contributed by atoms with E-state index in [2.05, 4.69) is 15.3 Å². The molecule has 40 heavy (non-hydrogen) atoms. The number of piperidine rings is 1. The minimum Gasteiger partial charge on any atom is -0.385 e. The predicted octanol–water partition coefficient (Wildman–Crippen LogP) is 4.41. The van der Waals surface area contributed by atoms with Crippen molar-refractivity contribution in [2.75, 3.05) is 33.4 Å². The summed E-state index contributed by atoms with van der Waals surface area (Å²) in [5.41, 5.74) is 5.76. The lowest BCUT2D eigenvalue weighted by atomic mass is 9.95. The number of ketones is 1. The van der Waals surface area contributed by atoms with Gasteiger partial charge in [0.2, 0.25) is 5.91 Å². The largest absolute Gasteiger partial charge is 0.385 e. The second kappa shape index (κ2) is 11.9. The minimum absolute atomic E-state index is 0.0483. The van der Waals surface area contributed by atoms with Crippen LogP contribution in [0, 0.1) is 19.8 Å². The van der Waals surface area contributed by atoms with E-state index in [-0.39, 0.29) is 23.5 Å². The van der Waals surface area contributed by atoms with E-state index in [0.717, 1.165) is 34.3 Å². The molecule has 0 saturated carbocycles. The first-order valence-electron chi connectivity index (χ1n) is 13.7. The van der Waals surface area contributed by atoms with Crippen LogP contribution in [0.5, 0.6) is 0 Å². The molecule has 1 aliphatic heterocycles. The number of benzene rings is 2. The molecule has 1 saturated heterocycles. The summed E-state index contributed by atoms with van der Waals surface area (Å²) in [4.78, 5) is 52.1. The van der Waals surface area contributed by atoms with Gasteiger partial charge in [-0.05, 0) is 56.9 Å². The molecular formula is C31H35N5O4. The van der Waals surface area contributed by atoms with E-state index in [9.17, 15) is 14.4 Å². The number of H-pyrrole nitrogens is 2. The van der Waals surface area contributed by atoms with Crippen LogP contribution in [0.3, 0.4) is 0 Å². The zero-order chi connectivity index (χ0) is 28.2. The molecule has 3 N–H and O–H groups in total. The lowest BCUT2D eigenvalue weighted by molar-refractivity contribution is -0.126. The quantitative estimate of drug-likeness (QED) is 0.214. The number of hydrogen-bond acceptors (Lipinski definition) is 5. The molecule has 2 aromatic heterocycles. The lowest BCUT2D eigenvalue weighted by Crippen LogP contribution is -2.43. The monoisotopic (exact) mass is 541 g/mol. The van der Waals surface area contributed by atoms with Crippen molar-refractivity contribution in [3.8, 4) is 11.4 Å². The highest BCUT2D eigenvalue weighted by Crippen LogP contribution is 2.31. The molecule has 4 aromatic rings. The first kappa shape index (κ1) is 27.3. The number of hydrogen-bond donors (Lipinski definition) is 3. The van der Waals surface area contributed by atoms with Gasteiger partial charge in [-0.15, -0.1) is 0 Å². The average molecular weight is 542 g/mol. The number of fused-ring (bicyclic) bond motifs is 1. The summed E-state index contributed by atoms with van der Waals surface area (Å²) in [6, 6.07) is 14.6. The number of nitrogens with zero attached hydrogens (tertiary/aromatic N) is 2. The van der Waals surface area contributed by atoms with Gasteiger partial charge in [0.1, 0.15) is 11.5 Å². The summed E-state index contributed by atoms with van der Waals surface area (Å²) < 4.78 is 5.03. The average Bonchev–Trinajstić information content (AvgIpc) is 3.53. The standard InChI is InChI=1S/C31H35N5O4/c1-19-26(29-34-24-11-10-23(18-25(24)35-29)28(37)21-8-5-4-6-9-21)20(2)33-27(19)31(39)36-15-12-22(13-16-36)30(38)32-14-7-17-40-3/h4-6,8-11,18,22,33H,7,12-17H2,1-3H3,(H,32,38)(H,34,35). The molecule has 0 bridgehead atoms. The fourth-order valence-electron chi connectivity index (χ4n) is 5.42. The SMILES string of the molecule is COCCCNC(=O)C1CCN(C(=O)c2[nH]c(C)c(-c3nc4ccc(C(=O)c5ccccc5)cc4[nH]3)c2C)CC1. The number of methoxy groups -OCH3 is 1. The Balaban J connectivity index is 1.29. The van der Waals surface area contributed by atoms with Crippen molar-refractivity contribution in [2.24, 2.45) is 5.92 Å². The molecule has 1 aliphatic rings. The molecule has 0 atom stereocenters. The number of aryl methyl sites for hydroxylation is 1. The Labute approximate surface area is 233 Å². The maximum absolute atomic E-state index is 13.5. The third-order valence-electron chi connectivity index (χ3n) is 7.65. The maximum Gasteiger partial charge on any atom is 0.270 e. The molecule has 2 amide bonds. The van der Waals surface area contributed by atoms with Crippen molar-refractivity contribution in [3.05, 3.63) is 76.6 Å². The molecule has 3 heterocycles. The Morgan fingerprint density at radius 1 is 1.02 bits per heavy atom. The van der Waals surface area contributed by atoms with Gasteiger partial charge in [0, 0.05) is 61.7 Å². The van der Waals surface area contributed by atoms with Crippen LogP contribution in [0.4, 0.5) is 0 Å². The molecule has 9 heteroatoms. The number of nitrogens with one attached hydrogen (secondary N) is 3. The summed E-state index contributed by atoms with van der Waals surface area (Å²) in [6.45, 7) is 6.13. The first-order chi connectivity index (χ1) is 19.4. The molecular weight excluding hydrogens is 506 g/mol. The van der Waals surface area contributed by atoms with Crippen molar-refractivity contribution >= 4 is 28.6 Å². The van der Waals surface area contributed by atoms with E-state index in [1.165, 1.54) is 0 Å². The molecule has 2 aromatic carbocycles. The van der Waals surface area contributed by atoms with E-state index in [1.54, 1.807) is 25.3 Å². The zero-order valence-electron chi connectivity index (χ0n) is 23.2. The number of imidazole rings is 1. The van der Waals surface area contributed by atoms with Crippen LogP contribution >= 0.6 is 0 Å². The topological polar surface area (TPSA) is 120 Å². The van der Waals surface area contributed by atoms with E-state index in [4.69, 9.17) is 9.72 Å². The smallest absolute Gasteiger partial charge is 0.270 e. The van der Waals surface area contributed by atoms with Crippen LogP contribution in [0.15, 0.2) is 48.5 Å². The summed E-state index contributed by atoms with van der Waals surface area (Å²) in [6.07, 6.45) is 2.06. The Hall–Kier alpha value is -4.24. The normalized spacial score (nSPS) is 14.0. The number of ether oxygens (including phenoxy) is 1. The fourth-order valence-corrected chi connectivity index (χ4v) is 5.42. The second-order valence-corrected chi connectivity index (χ2v) is 10.3. The zero-order valence-corrected chi connectivity index (χ0v) is 23.2. The van der Waals surface area contributed by atoms with Crippen LogP contribution < -0.4 is 5.32 Å². The number of aromatic amines is 2. The molecule has 0 aliphatic carbocycles. The van der Waals surface area contributed by atoms with Crippen LogP contribution in [-0.2, 0) is 9.53 Å². The van der Waals surface area contributed by atoms with Gasteiger partial charge in [-0.2, -0.15) is 0 Å². The molecule has 5 rings (SSSR count). The van der Waals surface area contributed by atoms with Crippen molar-refractivity contribution < 1.29 is 19.1 Å². The molecule has 1 fully saturated rings. The minimum atomic E-state index is -0.0807. The second-order valence-electron chi connectivity index (χ2n) is 10.3. The third kappa shape index (κ3) is 5.56. The highest BCUT2D eigenvalue weighted by atomic mass is 16.5. The van der Waals surface area contributed by atoms with Gasteiger partial charge in [0.05, 0.1) is 11.0 Å². The Kier molecular flexibility index (Phi) is 8.11. The Morgan fingerprint density at radius 3 is 2.50 bits per heavy atom. The summed E-state index contributed by atoms with van der Waals surface area (Å²) in [5.74, 6) is 0.498. The van der Waals surface area contributed by atoms with E-state index >= 15 is 0 Å². The van der Waals surface area contributed by atoms with Crippen molar-refractivity contribution in [1.82, 2.24) is 25.2 Å². The van der Waals surface area contributed by atoms with E-state index < -0.39 is 0 Å². The number of likely N-dealkylation sites (tertiary alicyclic amines) is 1. The van der Waals surface area contributed by atoms with Crippen molar-refractivity contribution in [2.45, 2.75) is 33.1 Å². The third-order valence-corrected chi connectivity index (χ3v) is 7.65. The van der Waals surface area contributed by atoms with Crippen molar-refractivity contribution in [1.29, 1.82) is 0 Å². The Morgan fingerprint density at radius 2 is 1.77 bits per heavy atom. The van der Waals surface area contributed by atoms with Crippen LogP contribution in [0.25, 0.3) is 22.4 Å². The number of rotatable bonds is 9. The fraction of sp³-hybridized carbons (Fsp3) is 0.355. The Bertz CT molecular complexity index is 1530. The van der Waals surface area contributed by atoms with Crippen LogP contribution in [0.2, 0.25) is 0 Å². The van der Waals surface area contributed by atoms with Crippen molar-refractivity contribution in [3.63, 3.8) is 0 Å². The first-order valence-corrected chi connectivity index (χ1v) is 13.7. The maximum atomic E-state index is 13.5. The summed E-state index contributed by atoms with van der Waals surface area (Å²) in [7, 11) is 1.65. The van der Waals surface area contributed by atoms with Gasteiger partial charge >= 0.3 is 0 Å². The molecule has 0 spiro atoms. The predicted molar refractivity (Wildman–Crippen MR) is 153 cm³/mol. The molecule has 0 radical (unpaired) electrons. The lowest BCUT2D eigenvalue weighted by Gasteiger charge is -2.31. The van der Waals surface area contributed by atoms with E-state index in [1.807, 2.05) is 49.1 Å². The highest BCUT2D eigenvalue weighted by Gasteiger charge is 2.30. The summed E-state index contributed by atoms with van der Waals surface area (Å²) in [5, 5.41) is 2.97. The number of carbonyl (C=O) groups is 3. The van der Waals surface area contributed by atoms with Gasteiger partial charge in [0.15, 0.2) is 5.78 Å². The van der Waals surface area contributed by atoms with E-state index in [0.29, 0.717) is 61.7 Å². The number of carbonyl (C=O) groups excluding carboxylic acids is 3.